The third kappa shape index (κ3) is 11.6. The summed E-state index contributed by atoms with van der Waals surface area (Å²) < 4.78 is 20.3. The van der Waals surface area contributed by atoms with Gasteiger partial charge in [-0.3, -0.25) is 0 Å². The minimum absolute atomic E-state index is 0. The lowest BCUT2D eigenvalue weighted by Crippen LogP contribution is -2.30. The van der Waals surface area contributed by atoms with Gasteiger partial charge in [0, 0.05) is 6.04 Å². The van der Waals surface area contributed by atoms with Gasteiger partial charge < -0.3 is 5.73 Å². The molecule has 1 atom stereocenters. The van der Waals surface area contributed by atoms with Gasteiger partial charge in [-0.1, -0.05) is 0 Å². The van der Waals surface area contributed by atoms with E-state index in [4.69, 9.17) is 5.73 Å². The first kappa shape index (κ1) is 11.9. The Balaban J connectivity index is 0. The molecule has 0 heterocycles. The lowest BCUT2D eigenvalue weighted by molar-refractivity contribution is 0.592. The minimum atomic E-state index is -3.35. The maximum atomic E-state index is 10.1. The highest BCUT2D eigenvalue weighted by Gasteiger charge is 2.04. The molecule has 0 aromatic carbocycles. The largest absolute Gasteiger partial charge is 0.327 e. The van der Waals surface area contributed by atoms with Gasteiger partial charge in [-0.2, -0.15) is 0 Å². The van der Waals surface area contributed by atoms with E-state index < -0.39 is 10.0 Å². The molecule has 1 unspecified atom stereocenters. The van der Waals surface area contributed by atoms with Crippen LogP contribution in [0, 0.1) is 0 Å². The molecule has 58 valence electrons. The van der Waals surface area contributed by atoms with Crippen molar-refractivity contribution in [3.8, 4) is 0 Å². The molecular formula is C3H11ClN2O2S. The molecule has 0 fully saturated rings. The summed E-state index contributed by atoms with van der Waals surface area (Å²) in [5.41, 5.74) is 5.12. The highest BCUT2D eigenvalue weighted by Crippen LogP contribution is 1.80. The van der Waals surface area contributed by atoms with E-state index in [1.54, 1.807) is 6.92 Å². The van der Waals surface area contributed by atoms with Crippen LogP contribution < -0.4 is 10.9 Å². The van der Waals surface area contributed by atoms with Crippen LogP contribution >= 0.6 is 12.4 Å². The second-order valence-electron chi connectivity index (χ2n) is 1.81. The third-order valence-corrected chi connectivity index (χ3v) is 1.49. The maximum Gasteiger partial charge on any atom is 0.210 e. The molecule has 0 aromatic heterocycles. The van der Waals surface area contributed by atoms with Crippen LogP contribution in [-0.4, -0.2) is 20.2 Å². The predicted octanol–water partition coefficient (Wildman–Crippen LogP) is -0.956. The topological polar surface area (TPSA) is 86.2 Å². The lowest BCUT2D eigenvalue weighted by atomic mass is 10.4. The van der Waals surface area contributed by atoms with Gasteiger partial charge >= 0.3 is 0 Å². The fraction of sp³-hybridized carbons (Fsp3) is 1.00. The highest BCUT2D eigenvalue weighted by atomic mass is 35.5. The zero-order valence-electron chi connectivity index (χ0n) is 5.07. The van der Waals surface area contributed by atoms with Crippen molar-refractivity contribution in [2.24, 2.45) is 10.9 Å². The van der Waals surface area contributed by atoms with E-state index in [2.05, 4.69) is 5.14 Å². The van der Waals surface area contributed by atoms with Crippen LogP contribution in [0.5, 0.6) is 0 Å². The summed E-state index contributed by atoms with van der Waals surface area (Å²) in [6.45, 7) is 1.59. The number of rotatable bonds is 2. The molecule has 0 saturated carbocycles. The van der Waals surface area contributed by atoms with E-state index >= 15 is 0 Å². The van der Waals surface area contributed by atoms with E-state index in [1.165, 1.54) is 0 Å². The normalized spacial score (nSPS) is 14.1. The molecule has 0 saturated heterocycles. The second-order valence-corrected chi connectivity index (χ2v) is 3.47. The number of hydrogen-bond acceptors (Lipinski definition) is 3. The molecule has 6 heteroatoms. The quantitative estimate of drug-likeness (QED) is 0.566. The minimum Gasteiger partial charge on any atom is -0.327 e. The molecule has 0 bridgehead atoms. The lowest BCUT2D eigenvalue weighted by Gasteiger charge is -1.99. The van der Waals surface area contributed by atoms with Crippen LogP contribution in [-0.2, 0) is 10.0 Å². The van der Waals surface area contributed by atoms with Crippen molar-refractivity contribution in [3.63, 3.8) is 0 Å². The van der Waals surface area contributed by atoms with Gasteiger partial charge in [-0.15, -0.1) is 12.4 Å². The number of halogens is 1. The van der Waals surface area contributed by atoms with E-state index in [0.717, 1.165) is 0 Å². The Morgan fingerprint density at radius 1 is 1.56 bits per heavy atom. The number of nitrogens with two attached hydrogens (primary N) is 2. The molecule has 0 aromatic rings. The van der Waals surface area contributed by atoms with Gasteiger partial charge in [0.2, 0.25) is 10.0 Å². The van der Waals surface area contributed by atoms with Gasteiger partial charge in [0.1, 0.15) is 0 Å². The molecular weight excluding hydrogens is 164 g/mol. The van der Waals surface area contributed by atoms with Crippen molar-refractivity contribution in [2.75, 3.05) is 5.75 Å². The monoisotopic (exact) mass is 174 g/mol. The zero-order valence-corrected chi connectivity index (χ0v) is 6.71. The highest BCUT2D eigenvalue weighted by molar-refractivity contribution is 7.89. The first-order chi connectivity index (χ1) is 3.42. The third-order valence-electron chi connectivity index (χ3n) is 0.495. The smallest absolute Gasteiger partial charge is 0.210 e. The molecule has 9 heavy (non-hydrogen) atoms. The molecule has 4 N–H and O–H groups in total. The van der Waals surface area contributed by atoms with Gasteiger partial charge in [0.25, 0.3) is 0 Å². The average Bonchev–Trinajstić information content (AvgIpc) is 1.21. The Kier molecular flexibility index (Phi) is 5.36. The molecule has 0 amide bonds. The number of primary sulfonamides is 1. The van der Waals surface area contributed by atoms with Gasteiger partial charge in [0.15, 0.2) is 0 Å². The van der Waals surface area contributed by atoms with Crippen molar-refractivity contribution >= 4 is 22.4 Å². The van der Waals surface area contributed by atoms with E-state index in [1.807, 2.05) is 0 Å². The molecule has 0 rings (SSSR count). The summed E-state index contributed by atoms with van der Waals surface area (Å²) in [4.78, 5) is 0. The van der Waals surface area contributed by atoms with Crippen LogP contribution in [0.15, 0.2) is 0 Å². The predicted molar refractivity (Wildman–Crippen MR) is 38.9 cm³/mol. The van der Waals surface area contributed by atoms with E-state index in [0.29, 0.717) is 0 Å². The molecule has 4 nitrogen and oxygen atoms in total. The molecule has 0 radical (unpaired) electrons. The Labute approximate surface area is 61.1 Å². The van der Waals surface area contributed by atoms with Gasteiger partial charge in [-0.05, 0) is 6.92 Å². The molecule has 0 aliphatic rings. The summed E-state index contributed by atoms with van der Waals surface area (Å²) in [6.07, 6.45) is 0. The van der Waals surface area contributed by atoms with Crippen molar-refractivity contribution in [3.05, 3.63) is 0 Å². The fourth-order valence-corrected chi connectivity index (χ4v) is 1.10. The Morgan fingerprint density at radius 3 is 1.89 bits per heavy atom. The van der Waals surface area contributed by atoms with Crippen molar-refractivity contribution in [1.82, 2.24) is 0 Å². The number of sulfonamides is 1. The van der Waals surface area contributed by atoms with Crippen molar-refractivity contribution in [1.29, 1.82) is 0 Å². The fourth-order valence-electron chi connectivity index (χ4n) is 0.366. The van der Waals surface area contributed by atoms with Crippen LogP contribution in [0.2, 0.25) is 0 Å². The average molecular weight is 175 g/mol. The van der Waals surface area contributed by atoms with E-state index in [-0.39, 0.29) is 24.2 Å². The summed E-state index contributed by atoms with van der Waals surface area (Å²) in [6, 6.07) is -0.370. The Bertz CT molecular complexity index is 153. The summed E-state index contributed by atoms with van der Waals surface area (Å²) >= 11 is 0. The first-order valence-electron chi connectivity index (χ1n) is 2.18. The SMILES string of the molecule is CC(N)CS(N)(=O)=O.Cl. The van der Waals surface area contributed by atoms with Crippen LogP contribution in [0.4, 0.5) is 0 Å². The summed E-state index contributed by atoms with van der Waals surface area (Å²) in [5.74, 6) is -0.146. The van der Waals surface area contributed by atoms with Crippen LogP contribution in [0.25, 0.3) is 0 Å². The standard InChI is InChI=1S/C3H10N2O2S.ClH/c1-3(4)2-8(5,6)7;/h3H,2,4H2,1H3,(H2,5,6,7);1H. The van der Waals surface area contributed by atoms with E-state index in [9.17, 15) is 8.42 Å². The molecule has 0 spiro atoms. The number of hydrogen-bond donors (Lipinski definition) is 2. The van der Waals surface area contributed by atoms with Crippen LogP contribution in [0.1, 0.15) is 6.92 Å². The zero-order chi connectivity index (χ0) is 6.78. The summed E-state index contributed by atoms with van der Waals surface area (Å²) in [5, 5.41) is 4.63. The second kappa shape index (κ2) is 4.05. The maximum absolute atomic E-state index is 10.1. The first-order valence-corrected chi connectivity index (χ1v) is 3.89. The van der Waals surface area contributed by atoms with Crippen molar-refractivity contribution in [2.45, 2.75) is 13.0 Å². The van der Waals surface area contributed by atoms with Crippen molar-refractivity contribution < 1.29 is 8.42 Å². The summed E-state index contributed by atoms with van der Waals surface area (Å²) in [7, 11) is -3.35. The van der Waals surface area contributed by atoms with Gasteiger partial charge in [-0.25, -0.2) is 13.6 Å². The Hall–Kier alpha value is 0.160. The Morgan fingerprint density at radius 2 is 1.89 bits per heavy atom. The molecule has 0 aliphatic carbocycles. The van der Waals surface area contributed by atoms with Crippen LogP contribution in [0.3, 0.4) is 0 Å². The molecule has 0 aliphatic heterocycles. The van der Waals surface area contributed by atoms with Gasteiger partial charge in [0.05, 0.1) is 5.75 Å².